The summed E-state index contributed by atoms with van der Waals surface area (Å²) in [4.78, 5) is 31.3. The van der Waals surface area contributed by atoms with Gasteiger partial charge in [-0.2, -0.15) is 4.98 Å². The van der Waals surface area contributed by atoms with Crippen LogP contribution in [0.15, 0.2) is 22.7 Å². The summed E-state index contributed by atoms with van der Waals surface area (Å²) in [6.45, 7) is 0.888. The predicted molar refractivity (Wildman–Crippen MR) is 93.8 cm³/mol. The number of nitrogens with zero attached hydrogens (tertiary/aromatic N) is 3. The Morgan fingerprint density at radius 3 is 2.89 bits per heavy atom. The van der Waals surface area contributed by atoms with E-state index in [1.165, 1.54) is 7.11 Å². The molecule has 1 aromatic heterocycles. The number of aromatic nitrogens is 2. The van der Waals surface area contributed by atoms with Crippen LogP contribution in [0.1, 0.15) is 28.0 Å². The topological polar surface area (TPSA) is 116 Å². The smallest absolute Gasteiger partial charge is 0.254 e. The Kier molecular flexibility index (Phi) is 4.86. The lowest BCUT2D eigenvalue weighted by Crippen LogP contribution is -2.33. The summed E-state index contributed by atoms with van der Waals surface area (Å²) in [5.41, 5.74) is 0.464. The molecule has 1 saturated heterocycles. The zero-order chi connectivity index (χ0) is 19.7. The Bertz CT molecular complexity index is 898. The number of nitrogens with one attached hydrogen (secondary N) is 1. The van der Waals surface area contributed by atoms with Gasteiger partial charge >= 0.3 is 0 Å². The van der Waals surface area contributed by atoms with Gasteiger partial charge in [0.1, 0.15) is 6.61 Å². The molecule has 0 aliphatic carbocycles. The third-order valence-electron chi connectivity index (χ3n) is 4.88. The van der Waals surface area contributed by atoms with Gasteiger partial charge in [0.25, 0.3) is 5.91 Å². The van der Waals surface area contributed by atoms with Gasteiger partial charge in [-0.25, -0.2) is 0 Å². The molecule has 2 atom stereocenters. The minimum Gasteiger partial charge on any atom is -0.454 e. The second-order valence-electron chi connectivity index (χ2n) is 6.59. The van der Waals surface area contributed by atoms with Gasteiger partial charge < -0.3 is 29.0 Å². The highest BCUT2D eigenvalue weighted by atomic mass is 16.7. The molecule has 28 heavy (non-hydrogen) atoms. The van der Waals surface area contributed by atoms with Gasteiger partial charge in [0.05, 0.1) is 11.8 Å². The molecule has 10 nitrogen and oxygen atoms in total. The van der Waals surface area contributed by atoms with Crippen molar-refractivity contribution >= 4 is 11.8 Å². The maximum Gasteiger partial charge on any atom is 0.254 e. The molecule has 2 aliphatic heterocycles. The Hall–Kier alpha value is -3.14. The molecule has 4 rings (SSSR count). The van der Waals surface area contributed by atoms with Crippen molar-refractivity contribution in [3.8, 4) is 11.5 Å². The fraction of sp³-hybridized carbons (Fsp3) is 0.444. The van der Waals surface area contributed by atoms with E-state index < -0.39 is 11.8 Å². The molecule has 0 radical (unpaired) electrons. The first kappa shape index (κ1) is 18.2. The van der Waals surface area contributed by atoms with E-state index in [9.17, 15) is 9.59 Å². The first-order valence-electron chi connectivity index (χ1n) is 8.82. The van der Waals surface area contributed by atoms with E-state index in [1.807, 2.05) is 0 Å². The van der Waals surface area contributed by atoms with E-state index in [2.05, 4.69) is 15.5 Å². The lowest BCUT2D eigenvalue weighted by molar-refractivity contribution is -0.124. The number of hydrogen-bond donors (Lipinski definition) is 1. The number of amides is 2. The van der Waals surface area contributed by atoms with Gasteiger partial charge in [-0.1, -0.05) is 5.16 Å². The molecule has 1 N–H and O–H groups in total. The quantitative estimate of drug-likeness (QED) is 0.789. The lowest BCUT2D eigenvalue weighted by Gasteiger charge is -2.16. The van der Waals surface area contributed by atoms with E-state index in [0.29, 0.717) is 35.3 Å². The van der Waals surface area contributed by atoms with E-state index in [1.54, 1.807) is 30.1 Å². The molecule has 2 aliphatic rings. The van der Waals surface area contributed by atoms with Crippen molar-refractivity contribution < 1.29 is 28.3 Å². The number of benzene rings is 1. The molecule has 2 amide bonds. The first-order valence-corrected chi connectivity index (χ1v) is 8.82. The molecule has 0 saturated carbocycles. The number of methoxy groups -OCH3 is 1. The highest BCUT2D eigenvalue weighted by molar-refractivity contribution is 5.96. The van der Waals surface area contributed by atoms with Crippen molar-refractivity contribution in [3.63, 3.8) is 0 Å². The van der Waals surface area contributed by atoms with Gasteiger partial charge in [-0.3, -0.25) is 9.59 Å². The summed E-state index contributed by atoms with van der Waals surface area (Å²) < 4.78 is 21.0. The summed E-state index contributed by atoms with van der Waals surface area (Å²) in [7, 11) is 3.09. The molecule has 148 valence electrons. The van der Waals surface area contributed by atoms with Crippen molar-refractivity contribution in [2.45, 2.75) is 12.5 Å². The number of hydrogen-bond acceptors (Lipinski definition) is 8. The predicted octanol–water partition coefficient (Wildman–Crippen LogP) is 0.546. The second kappa shape index (κ2) is 7.47. The second-order valence-corrected chi connectivity index (χ2v) is 6.59. The highest BCUT2D eigenvalue weighted by Crippen LogP contribution is 2.35. The number of ether oxygens (including phenoxy) is 3. The van der Waals surface area contributed by atoms with Crippen LogP contribution in [0.5, 0.6) is 11.5 Å². The molecule has 1 fully saturated rings. The first-order chi connectivity index (χ1) is 13.6. The van der Waals surface area contributed by atoms with Crippen LogP contribution in [-0.4, -0.2) is 60.9 Å². The van der Waals surface area contributed by atoms with Gasteiger partial charge in [-0.15, -0.1) is 0 Å². The van der Waals surface area contributed by atoms with Crippen molar-refractivity contribution in [3.05, 3.63) is 35.5 Å². The van der Waals surface area contributed by atoms with Gasteiger partial charge in [-0.05, 0) is 18.2 Å². The summed E-state index contributed by atoms with van der Waals surface area (Å²) in [5, 5.41) is 6.50. The minimum atomic E-state index is -0.487. The number of likely N-dealkylation sites (tertiary alicyclic amines) is 1. The van der Waals surface area contributed by atoms with E-state index in [4.69, 9.17) is 18.7 Å². The largest absolute Gasteiger partial charge is 0.454 e. The molecule has 10 heteroatoms. The number of fused-ring (bicyclic) bond motifs is 1. The minimum absolute atomic E-state index is 0.137. The number of rotatable bonds is 5. The zero-order valence-electron chi connectivity index (χ0n) is 15.5. The molecule has 2 aromatic rings. The molecular weight excluding hydrogens is 368 g/mol. The van der Waals surface area contributed by atoms with Crippen LogP contribution in [0, 0.1) is 5.92 Å². The van der Waals surface area contributed by atoms with Crippen LogP contribution in [0.4, 0.5) is 0 Å². The van der Waals surface area contributed by atoms with Crippen molar-refractivity contribution in [1.29, 1.82) is 0 Å². The zero-order valence-corrected chi connectivity index (χ0v) is 15.5. The third-order valence-corrected chi connectivity index (χ3v) is 4.88. The molecule has 0 spiro atoms. The van der Waals surface area contributed by atoms with E-state index in [0.717, 1.165) is 0 Å². The molecule has 0 bridgehead atoms. The Labute approximate surface area is 160 Å². The number of carbonyl (C=O) groups is 2. The van der Waals surface area contributed by atoms with Gasteiger partial charge in [0, 0.05) is 32.8 Å². The van der Waals surface area contributed by atoms with Crippen molar-refractivity contribution in [2.24, 2.45) is 5.92 Å². The van der Waals surface area contributed by atoms with E-state index >= 15 is 0 Å². The van der Waals surface area contributed by atoms with E-state index in [-0.39, 0.29) is 31.8 Å². The van der Waals surface area contributed by atoms with Crippen LogP contribution in [-0.2, 0) is 16.1 Å². The number of carbonyl (C=O) groups excluding carboxylic acids is 2. The van der Waals surface area contributed by atoms with Crippen LogP contribution < -0.4 is 14.8 Å². The standard InChI is InChI=1S/C18H20N4O6/c1-19-16(23)11-6-22(7-12(11)17-20-15(8-25-2)21-28-17)18(24)10-3-4-13-14(5-10)27-9-26-13/h3-5,11-12H,6-9H2,1-2H3,(H,19,23). The SMILES string of the molecule is CNC(=O)C1CN(C(=O)c2ccc3c(c2)OCO3)CC1c1nc(COC)no1. The van der Waals surface area contributed by atoms with Crippen LogP contribution in [0.3, 0.4) is 0 Å². The average molecular weight is 388 g/mol. The summed E-state index contributed by atoms with van der Waals surface area (Å²) in [6.07, 6.45) is 0. The van der Waals surface area contributed by atoms with Crippen molar-refractivity contribution in [2.75, 3.05) is 34.0 Å². The maximum absolute atomic E-state index is 13.0. The lowest BCUT2D eigenvalue weighted by atomic mass is 9.95. The summed E-state index contributed by atoms with van der Waals surface area (Å²) >= 11 is 0. The molecule has 2 unspecified atom stereocenters. The average Bonchev–Trinajstić information content (AvgIpc) is 3.45. The third kappa shape index (κ3) is 3.26. The monoisotopic (exact) mass is 388 g/mol. The maximum atomic E-state index is 13.0. The van der Waals surface area contributed by atoms with Gasteiger partial charge in [0.15, 0.2) is 17.3 Å². The van der Waals surface area contributed by atoms with Crippen LogP contribution in [0.25, 0.3) is 0 Å². The summed E-state index contributed by atoms with van der Waals surface area (Å²) in [6, 6.07) is 5.03. The Morgan fingerprint density at radius 2 is 2.11 bits per heavy atom. The Balaban J connectivity index is 1.56. The van der Waals surface area contributed by atoms with Crippen LogP contribution in [0.2, 0.25) is 0 Å². The molecule has 1 aromatic carbocycles. The summed E-state index contributed by atoms with van der Waals surface area (Å²) in [5.74, 6) is 0.593. The molecule has 3 heterocycles. The fourth-order valence-electron chi connectivity index (χ4n) is 3.49. The highest BCUT2D eigenvalue weighted by Gasteiger charge is 2.43. The van der Waals surface area contributed by atoms with Crippen LogP contribution >= 0.6 is 0 Å². The fourth-order valence-corrected chi connectivity index (χ4v) is 3.49. The normalized spacial score (nSPS) is 20.4. The molecular formula is C18H20N4O6. The van der Waals surface area contributed by atoms with Gasteiger partial charge in [0.2, 0.25) is 18.6 Å². The van der Waals surface area contributed by atoms with Crippen molar-refractivity contribution in [1.82, 2.24) is 20.4 Å². The Morgan fingerprint density at radius 1 is 1.29 bits per heavy atom.